The number of nitrogens with one attached hydrogen (secondary N) is 1. The number of hydrogen-bond donors (Lipinski definition) is 2. The molecule has 1 heterocycles. The van der Waals surface area contributed by atoms with E-state index in [4.69, 9.17) is 10.5 Å². The summed E-state index contributed by atoms with van der Waals surface area (Å²) in [6, 6.07) is 0.110. The molecule has 3 N–H and O–H groups in total. The molecule has 1 atom stereocenters. The topological polar surface area (TPSA) is 84.7 Å². The largest absolute Gasteiger partial charge is 0.444 e. The molecule has 6 heteroatoms. The van der Waals surface area contributed by atoms with E-state index in [1.165, 1.54) is 0 Å². The molecule has 18 heavy (non-hydrogen) atoms. The van der Waals surface area contributed by atoms with Crippen LogP contribution in [0.3, 0.4) is 0 Å². The minimum atomic E-state index is -0.481. The Kier molecular flexibility index (Phi) is 4.95. The molecule has 0 aromatic rings. The molecule has 0 unspecified atom stereocenters. The zero-order valence-corrected chi connectivity index (χ0v) is 11.4. The predicted octanol–water partition coefficient (Wildman–Crippen LogP) is 0.461. The number of likely N-dealkylation sites (tertiary alicyclic amines) is 1. The Morgan fingerprint density at radius 3 is 2.67 bits per heavy atom. The van der Waals surface area contributed by atoms with E-state index < -0.39 is 5.60 Å². The van der Waals surface area contributed by atoms with Crippen molar-refractivity contribution in [2.24, 2.45) is 5.73 Å². The molecule has 104 valence electrons. The summed E-state index contributed by atoms with van der Waals surface area (Å²) in [5.41, 5.74) is 4.60. The monoisotopic (exact) mass is 257 g/mol. The number of nitrogens with zero attached hydrogens (tertiary/aromatic N) is 1. The highest BCUT2D eigenvalue weighted by Crippen LogP contribution is 2.15. The van der Waals surface area contributed by atoms with Crippen LogP contribution in [0.2, 0.25) is 0 Å². The van der Waals surface area contributed by atoms with Crippen LogP contribution in [-0.4, -0.2) is 48.2 Å². The summed E-state index contributed by atoms with van der Waals surface area (Å²) in [5.74, 6) is -0.385. The van der Waals surface area contributed by atoms with Gasteiger partial charge in [-0.05, 0) is 33.6 Å². The van der Waals surface area contributed by atoms with Crippen molar-refractivity contribution in [3.05, 3.63) is 0 Å². The van der Waals surface area contributed by atoms with Crippen LogP contribution < -0.4 is 11.1 Å². The maximum absolute atomic E-state index is 11.9. The smallest absolute Gasteiger partial charge is 0.410 e. The Bertz CT molecular complexity index is 312. The number of nitrogens with two attached hydrogens (primary N) is 1. The quantitative estimate of drug-likeness (QED) is 0.769. The third-order valence-electron chi connectivity index (χ3n) is 2.64. The van der Waals surface area contributed by atoms with Crippen molar-refractivity contribution in [3.63, 3.8) is 0 Å². The molecule has 0 saturated carbocycles. The van der Waals surface area contributed by atoms with Gasteiger partial charge in [0.15, 0.2) is 0 Å². The van der Waals surface area contributed by atoms with Crippen molar-refractivity contribution in [3.8, 4) is 0 Å². The van der Waals surface area contributed by atoms with Gasteiger partial charge in [0.25, 0.3) is 0 Å². The van der Waals surface area contributed by atoms with E-state index in [0.717, 1.165) is 12.8 Å². The molecular weight excluding hydrogens is 234 g/mol. The van der Waals surface area contributed by atoms with Crippen molar-refractivity contribution in [2.75, 3.05) is 19.6 Å². The molecule has 1 fully saturated rings. The van der Waals surface area contributed by atoms with Gasteiger partial charge in [0.2, 0.25) is 5.91 Å². The van der Waals surface area contributed by atoms with Gasteiger partial charge < -0.3 is 20.7 Å². The Labute approximate surface area is 108 Å². The van der Waals surface area contributed by atoms with E-state index in [1.54, 1.807) is 4.90 Å². The first-order chi connectivity index (χ1) is 8.28. The summed E-state index contributed by atoms with van der Waals surface area (Å²) < 4.78 is 5.32. The predicted molar refractivity (Wildman–Crippen MR) is 68.0 cm³/mol. The van der Waals surface area contributed by atoms with Gasteiger partial charge in [-0.3, -0.25) is 4.79 Å². The third-order valence-corrected chi connectivity index (χ3v) is 2.64. The molecule has 6 nitrogen and oxygen atoms in total. The van der Waals surface area contributed by atoms with Crippen LogP contribution >= 0.6 is 0 Å². The number of piperidine rings is 1. The highest BCUT2D eigenvalue weighted by atomic mass is 16.6. The van der Waals surface area contributed by atoms with Gasteiger partial charge in [-0.2, -0.15) is 0 Å². The summed E-state index contributed by atoms with van der Waals surface area (Å²) >= 11 is 0. The number of primary amides is 1. The lowest BCUT2D eigenvalue weighted by Gasteiger charge is -2.34. The fourth-order valence-corrected chi connectivity index (χ4v) is 1.88. The maximum atomic E-state index is 11.9. The van der Waals surface area contributed by atoms with E-state index in [-0.39, 0.29) is 24.6 Å². The summed E-state index contributed by atoms with van der Waals surface area (Å²) in [6.07, 6.45) is 1.54. The molecule has 1 saturated heterocycles. The molecule has 1 aliphatic heterocycles. The zero-order chi connectivity index (χ0) is 13.8. The second-order valence-electron chi connectivity index (χ2n) is 5.61. The fourth-order valence-electron chi connectivity index (χ4n) is 1.88. The van der Waals surface area contributed by atoms with Gasteiger partial charge in [0.1, 0.15) is 5.60 Å². The zero-order valence-electron chi connectivity index (χ0n) is 11.4. The minimum absolute atomic E-state index is 0.110. The molecule has 0 aromatic heterocycles. The Hall–Kier alpha value is -1.30. The summed E-state index contributed by atoms with van der Waals surface area (Å²) in [5, 5.41) is 3.04. The number of carbonyl (C=O) groups is 2. The van der Waals surface area contributed by atoms with Crippen molar-refractivity contribution in [1.29, 1.82) is 0 Å². The van der Waals surface area contributed by atoms with Crippen molar-refractivity contribution < 1.29 is 14.3 Å². The number of amides is 2. The van der Waals surface area contributed by atoms with Gasteiger partial charge >= 0.3 is 6.09 Å². The van der Waals surface area contributed by atoms with E-state index in [9.17, 15) is 9.59 Å². The normalized spacial score (nSPS) is 20.6. The minimum Gasteiger partial charge on any atom is -0.444 e. The molecule has 0 aromatic carbocycles. The first-order valence-electron chi connectivity index (χ1n) is 6.27. The van der Waals surface area contributed by atoms with Crippen LogP contribution in [-0.2, 0) is 9.53 Å². The van der Waals surface area contributed by atoms with E-state index >= 15 is 0 Å². The van der Waals surface area contributed by atoms with Gasteiger partial charge in [0, 0.05) is 19.1 Å². The number of hydrogen-bond acceptors (Lipinski definition) is 4. The van der Waals surface area contributed by atoms with Gasteiger partial charge in [-0.15, -0.1) is 0 Å². The van der Waals surface area contributed by atoms with E-state index in [1.807, 2.05) is 20.8 Å². The number of rotatable bonds is 3. The van der Waals surface area contributed by atoms with Crippen LogP contribution in [0, 0.1) is 0 Å². The fraction of sp³-hybridized carbons (Fsp3) is 0.833. The van der Waals surface area contributed by atoms with Gasteiger partial charge in [-0.1, -0.05) is 0 Å². The first kappa shape index (κ1) is 14.8. The average molecular weight is 257 g/mol. The Morgan fingerprint density at radius 1 is 1.44 bits per heavy atom. The highest BCUT2D eigenvalue weighted by Gasteiger charge is 2.27. The van der Waals surface area contributed by atoms with Crippen LogP contribution in [0.4, 0.5) is 4.79 Å². The lowest BCUT2D eigenvalue weighted by molar-refractivity contribution is -0.117. The molecule has 2 amide bonds. The molecule has 0 spiro atoms. The molecule has 0 aliphatic carbocycles. The number of carbonyl (C=O) groups excluding carboxylic acids is 2. The van der Waals surface area contributed by atoms with E-state index in [0.29, 0.717) is 13.1 Å². The molecule has 0 bridgehead atoms. The van der Waals surface area contributed by atoms with Crippen molar-refractivity contribution >= 4 is 12.0 Å². The molecule has 1 aliphatic rings. The van der Waals surface area contributed by atoms with Crippen molar-refractivity contribution in [2.45, 2.75) is 45.3 Å². The van der Waals surface area contributed by atoms with Crippen LogP contribution in [0.25, 0.3) is 0 Å². The second-order valence-corrected chi connectivity index (χ2v) is 5.61. The first-order valence-corrected chi connectivity index (χ1v) is 6.27. The maximum Gasteiger partial charge on any atom is 0.410 e. The van der Waals surface area contributed by atoms with Crippen LogP contribution in [0.15, 0.2) is 0 Å². The molecule has 0 radical (unpaired) electrons. The lowest BCUT2D eigenvalue weighted by atomic mass is 10.1. The molecular formula is C12H23N3O3. The second kappa shape index (κ2) is 6.04. The lowest BCUT2D eigenvalue weighted by Crippen LogP contribution is -2.50. The Balaban J connectivity index is 2.43. The molecule has 1 rings (SSSR count). The highest BCUT2D eigenvalue weighted by molar-refractivity contribution is 5.76. The SMILES string of the molecule is CC(C)(C)OC(=O)N1CCC[C@H](NCC(N)=O)C1. The standard InChI is InChI=1S/C12H23N3O3/c1-12(2,3)18-11(17)15-6-4-5-9(8-15)14-7-10(13)16/h9,14H,4-8H2,1-3H3,(H2,13,16)/t9-/m0/s1. The average Bonchev–Trinajstić information content (AvgIpc) is 2.24. The summed E-state index contributed by atoms with van der Waals surface area (Å²) in [6.45, 7) is 6.94. The van der Waals surface area contributed by atoms with Gasteiger partial charge in [0.05, 0.1) is 6.54 Å². The van der Waals surface area contributed by atoms with Crippen LogP contribution in [0.5, 0.6) is 0 Å². The Morgan fingerprint density at radius 2 is 2.11 bits per heavy atom. The summed E-state index contributed by atoms with van der Waals surface area (Å²) in [4.78, 5) is 24.3. The van der Waals surface area contributed by atoms with E-state index in [2.05, 4.69) is 5.32 Å². The number of ether oxygens (including phenoxy) is 1. The summed E-state index contributed by atoms with van der Waals surface area (Å²) in [7, 11) is 0. The third kappa shape index (κ3) is 5.35. The van der Waals surface area contributed by atoms with Gasteiger partial charge in [-0.25, -0.2) is 4.79 Å². The van der Waals surface area contributed by atoms with Crippen LogP contribution in [0.1, 0.15) is 33.6 Å². The van der Waals surface area contributed by atoms with Crippen molar-refractivity contribution in [1.82, 2.24) is 10.2 Å².